The van der Waals surface area contributed by atoms with E-state index in [0.29, 0.717) is 50.0 Å². The Morgan fingerprint density at radius 3 is 2.58 bits per heavy atom. The van der Waals surface area contributed by atoms with Crippen molar-refractivity contribution in [3.8, 4) is 11.5 Å². The number of fused-ring (bicyclic) bond motifs is 1. The fourth-order valence-electron chi connectivity index (χ4n) is 3.79. The van der Waals surface area contributed by atoms with Crippen LogP contribution in [-0.4, -0.2) is 57.0 Å². The number of morpholine rings is 1. The Bertz CT molecular complexity index is 1010. The van der Waals surface area contributed by atoms with Crippen LogP contribution < -0.4 is 19.7 Å². The monoisotopic (exact) mass is 465 g/mol. The Kier molecular flexibility index (Phi) is 6.66. The summed E-state index contributed by atoms with van der Waals surface area (Å²) in [7, 11) is 1.78. The van der Waals surface area contributed by atoms with Crippen molar-refractivity contribution in [2.45, 2.75) is 25.7 Å². The Morgan fingerprint density at radius 1 is 1.12 bits per heavy atom. The van der Waals surface area contributed by atoms with Crippen LogP contribution >= 0.6 is 0 Å². The van der Waals surface area contributed by atoms with Crippen LogP contribution in [0.25, 0.3) is 0 Å². The SMILES string of the molecule is C[C@@H](C(=O)Nc1cc(C(F)(F)F)ccc1N1CCOCC1)N(C)Cc1ccc2c(c1)OCO2. The molecule has 2 aliphatic rings. The zero-order valence-electron chi connectivity index (χ0n) is 18.4. The highest BCUT2D eigenvalue weighted by atomic mass is 19.4. The number of rotatable bonds is 6. The van der Waals surface area contributed by atoms with Gasteiger partial charge in [-0.2, -0.15) is 13.2 Å². The number of carbonyl (C=O) groups is 1. The Labute approximate surface area is 190 Å². The molecule has 0 radical (unpaired) electrons. The van der Waals surface area contributed by atoms with Gasteiger partial charge in [-0.3, -0.25) is 9.69 Å². The van der Waals surface area contributed by atoms with Gasteiger partial charge in [0.15, 0.2) is 11.5 Å². The molecule has 0 bridgehead atoms. The number of likely N-dealkylation sites (N-methyl/N-ethyl adjacent to an activating group) is 1. The van der Waals surface area contributed by atoms with E-state index in [9.17, 15) is 18.0 Å². The van der Waals surface area contributed by atoms with Crippen LogP contribution in [0, 0.1) is 0 Å². The molecular formula is C23H26F3N3O4. The topological polar surface area (TPSA) is 63.3 Å². The van der Waals surface area contributed by atoms with Gasteiger partial charge in [0.25, 0.3) is 0 Å². The first-order valence-electron chi connectivity index (χ1n) is 10.7. The molecule has 0 saturated carbocycles. The van der Waals surface area contributed by atoms with Crippen LogP contribution in [-0.2, 0) is 22.3 Å². The molecule has 4 rings (SSSR count). The average Bonchev–Trinajstić information content (AvgIpc) is 3.26. The number of carbonyl (C=O) groups excluding carboxylic acids is 1. The number of ether oxygens (including phenoxy) is 3. The molecule has 0 aromatic heterocycles. The van der Waals surface area contributed by atoms with E-state index >= 15 is 0 Å². The lowest BCUT2D eigenvalue weighted by molar-refractivity contribution is -0.137. The van der Waals surface area contributed by atoms with Gasteiger partial charge < -0.3 is 24.4 Å². The summed E-state index contributed by atoms with van der Waals surface area (Å²) < 4.78 is 56.0. The van der Waals surface area contributed by atoms with E-state index in [-0.39, 0.29) is 12.5 Å². The van der Waals surface area contributed by atoms with E-state index < -0.39 is 23.7 Å². The van der Waals surface area contributed by atoms with E-state index in [4.69, 9.17) is 14.2 Å². The van der Waals surface area contributed by atoms with Crippen LogP contribution in [0.2, 0.25) is 0 Å². The number of nitrogens with zero attached hydrogens (tertiary/aromatic N) is 2. The predicted octanol–water partition coefficient (Wildman–Crippen LogP) is 3.73. The highest BCUT2D eigenvalue weighted by Crippen LogP contribution is 2.36. The molecule has 2 aromatic rings. The molecule has 1 atom stereocenters. The first kappa shape index (κ1) is 23.2. The minimum Gasteiger partial charge on any atom is -0.454 e. The molecule has 178 valence electrons. The van der Waals surface area contributed by atoms with E-state index in [1.807, 2.05) is 28.0 Å². The minimum absolute atomic E-state index is 0.139. The Morgan fingerprint density at radius 2 is 1.85 bits per heavy atom. The molecule has 0 spiro atoms. The van der Waals surface area contributed by atoms with Gasteiger partial charge in [-0.15, -0.1) is 0 Å². The molecule has 10 heteroatoms. The summed E-state index contributed by atoms with van der Waals surface area (Å²) in [5, 5.41) is 2.72. The van der Waals surface area contributed by atoms with Crippen molar-refractivity contribution in [1.29, 1.82) is 0 Å². The standard InChI is InChI=1S/C23H26F3N3O4/c1-15(28(2)13-16-3-6-20-21(11-16)33-14-32-20)22(30)27-18-12-17(23(24,25)26)4-5-19(18)29-7-9-31-10-8-29/h3-6,11-12,15H,7-10,13-14H2,1-2H3,(H,27,30)/t15-/m0/s1. The normalized spacial score (nSPS) is 16.7. The van der Waals surface area contributed by atoms with Crippen LogP contribution in [0.3, 0.4) is 0 Å². The molecule has 1 saturated heterocycles. The second-order valence-corrected chi connectivity index (χ2v) is 8.10. The lowest BCUT2D eigenvalue weighted by Crippen LogP contribution is -2.40. The number of hydrogen-bond acceptors (Lipinski definition) is 6. The highest BCUT2D eigenvalue weighted by Gasteiger charge is 2.32. The second kappa shape index (κ2) is 9.48. The second-order valence-electron chi connectivity index (χ2n) is 8.10. The number of anilines is 2. The van der Waals surface area contributed by atoms with Crippen molar-refractivity contribution in [1.82, 2.24) is 4.90 Å². The molecule has 2 aliphatic heterocycles. The summed E-state index contributed by atoms with van der Waals surface area (Å²) >= 11 is 0. The zero-order chi connectivity index (χ0) is 23.6. The summed E-state index contributed by atoms with van der Waals surface area (Å²) in [6.07, 6.45) is -4.51. The molecular weight excluding hydrogens is 439 g/mol. The zero-order valence-corrected chi connectivity index (χ0v) is 18.4. The van der Waals surface area contributed by atoms with Gasteiger partial charge >= 0.3 is 6.18 Å². The van der Waals surface area contributed by atoms with Crippen molar-refractivity contribution >= 4 is 17.3 Å². The van der Waals surface area contributed by atoms with Crippen molar-refractivity contribution in [3.63, 3.8) is 0 Å². The van der Waals surface area contributed by atoms with Gasteiger partial charge in [-0.1, -0.05) is 6.07 Å². The Balaban J connectivity index is 1.49. The van der Waals surface area contributed by atoms with Gasteiger partial charge in [-0.25, -0.2) is 0 Å². The molecule has 0 unspecified atom stereocenters. The predicted molar refractivity (Wildman–Crippen MR) is 117 cm³/mol. The fourth-order valence-corrected chi connectivity index (χ4v) is 3.79. The molecule has 2 aromatic carbocycles. The van der Waals surface area contributed by atoms with E-state index in [2.05, 4.69) is 5.32 Å². The van der Waals surface area contributed by atoms with Gasteiger partial charge in [0, 0.05) is 19.6 Å². The summed E-state index contributed by atoms with van der Waals surface area (Å²) in [5.74, 6) is 0.927. The smallest absolute Gasteiger partial charge is 0.416 e. The van der Waals surface area contributed by atoms with Crippen LogP contribution in [0.15, 0.2) is 36.4 Å². The van der Waals surface area contributed by atoms with Gasteiger partial charge in [0.05, 0.1) is 36.2 Å². The average molecular weight is 465 g/mol. The summed E-state index contributed by atoms with van der Waals surface area (Å²) in [4.78, 5) is 16.7. The van der Waals surface area contributed by atoms with Crippen molar-refractivity contribution in [3.05, 3.63) is 47.5 Å². The third-order valence-corrected chi connectivity index (χ3v) is 5.84. The van der Waals surface area contributed by atoms with Crippen LogP contribution in [0.5, 0.6) is 11.5 Å². The lowest BCUT2D eigenvalue weighted by atomic mass is 10.1. The van der Waals surface area contributed by atoms with Crippen molar-refractivity contribution in [2.24, 2.45) is 0 Å². The van der Waals surface area contributed by atoms with Gasteiger partial charge in [-0.05, 0) is 49.9 Å². The van der Waals surface area contributed by atoms with Crippen molar-refractivity contribution < 1.29 is 32.2 Å². The minimum atomic E-state index is -4.51. The number of halogens is 3. The summed E-state index contributed by atoms with van der Waals surface area (Å²) in [5.41, 5.74) is 0.802. The molecule has 1 fully saturated rings. The van der Waals surface area contributed by atoms with Crippen LogP contribution in [0.4, 0.5) is 24.5 Å². The van der Waals surface area contributed by atoms with E-state index in [1.165, 1.54) is 6.07 Å². The first-order valence-corrected chi connectivity index (χ1v) is 10.7. The first-order chi connectivity index (χ1) is 15.7. The third-order valence-electron chi connectivity index (χ3n) is 5.84. The van der Waals surface area contributed by atoms with Gasteiger partial charge in [0.1, 0.15) is 0 Å². The summed E-state index contributed by atoms with van der Waals surface area (Å²) in [6.45, 7) is 4.36. The van der Waals surface area contributed by atoms with E-state index in [0.717, 1.165) is 17.7 Å². The molecule has 33 heavy (non-hydrogen) atoms. The molecule has 0 aliphatic carbocycles. The maximum atomic E-state index is 13.3. The highest BCUT2D eigenvalue weighted by molar-refractivity contribution is 5.97. The number of amides is 1. The molecule has 2 heterocycles. The van der Waals surface area contributed by atoms with E-state index in [1.54, 1.807) is 14.0 Å². The third kappa shape index (κ3) is 5.33. The maximum absolute atomic E-state index is 13.3. The maximum Gasteiger partial charge on any atom is 0.416 e. The molecule has 1 amide bonds. The quantitative estimate of drug-likeness (QED) is 0.702. The number of nitrogens with one attached hydrogen (secondary N) is 1. The van der Waals surface area contributed by atoms with Crippen molar-refractivity contribution in [2.75, 3.05) is 50.4 Å². The molecule has 1 N–H and O–H groups in total. The largest absolute Gasteiger partial charge is 0.454 e. The van der Waals surface area contributed by atoms with Gasteiger partial charge in [0.2, 0.25) is 12.7 Å². The molecule has 7 nitrogen and oxygen atoms in total. The summed E-state index contributed by atoms with van der Waals surface area (Å²) in [6, 6.07) is 8.40. The Hall–Kier alpha value is -2.98. The lowest BCUT2D eigenvalue weighted by Gasteiger charge is -2.31. The number of hydrogen-bond donors (Lipinski definition) is 1. The van der Waals surface area contributed by atoms with Crippen LogP contribution in [0.1, 0.15) is 18.1 Å². The fraction of sp³-hybridized carbons (Fsp3) is 0.435. The number of alkyl halides is 3. The number of benzene rings is 2.